The molecule has 1 heterocycles. The normalized spacial score (nSPS) is 15.3. The summed E-state index contributed by atoms with van der Waals surface area (Å²) in [6.07, 6.45) is 0.815. The molecule has 6 nitrogen and oxygen atoms in total. The van der Waals surface area contributed by atoms with E-state index < -0.39 is 0 Å². The Labute approximate surface area is 108 Å². The van der Waals surface area contributed by atoms with Crippen molar-refractivity contribution in [3.63, 3.8) is 0 Å². The van der Waals surface area contributed by atoms with Crippen LogP contribution in [0.25, 0.3) is 0 Å². The first-order valence-electron chi connectivity index (χ1n) is 6.46. The third kappa shape index (κ3) is 4.52. The molecular formula is C12H22N2O4. The van der Waals surface area contributed by atoms with Crippen molar-refractivity contribution < 1.29 is 19.1 Å². The van der Waals surface area contributed by atoms with Crippen LogP contribution in [0.4, 0.5) is 4.79 Å². The van der Waals surface area contributed by atoms with Crippen LogP contribution in [0.15, 0.2) is 0 Å². The van der Waals surface area contributed by atoms with E-state index in [0.717, 1.165) is 6.42 Å². The van der Waals surface area contributed by atoms with Crippen LogP contribution in [0.1, 0.15) is 20.3 Å². The molecule has 0 bridgehead atoms. The van der Waals surface area contributed by atoms with Gasteiger partial charge < -0.3 is 19.3 Å². The average molecular weight is 258 g/mol. The summed E-state index contributed by atoms with van der Waals surface area (Å²) in [4.78, 5) is 26.9. The highest BCUT2D eigenvalue weighted by molar-refractivity contribution is 5.81. The van der Waals surface area contributed by atoms with Crippen LogP contribution in [-0.2, 0) is 14.3 Å². The molecule has 0 aromatic carbocycles. The van der Waals surface area contributed by atoms with Crippen molar-refractivity contribution in [3.05, 3.63) is 0 Å². The Balaban J connectivity index is 2.53. The van der Waals surface area contributed by atoms with E-state index in [2.05, 4.69) is 0 Å². The van der Waals surface area contributed by atoms with E-state index in [1.54, 1.807) is 16.7 Å². The molecule has 0 aromatic heterocycles. The highest BCUT2D eigenvalue weighted by atomic mass is 16.5. The van der Waals surface area contributed by atoms with E-state index >= 15 is 0 Å². The Morgan fingerprint density at radius 1 is 1.28 bits per heavy atom. The summed E-state index contributed by atoms with van der Waals surface area (Å²) >= 11 is 0. The number of esters is 1. The fraction of sp³-hybridized carbons (Fsp3) is 0.833. The molecule has 1 rings (SSSR count). The van der Waals surface area contributed by atoms with Crippen molar-refractivity contribution in [1.29, 1.82) is 0 Å². The standard InChI is InChI=1S/C12H22N2O4/c1-3-5-14(10-11(15)18-4-2)12(16)13-6-8-17-9-7-13/h3-10H2,1-2H3. The van der Waals surface area contributed by atoms with Crippen molar-refractivity contribution in [3.8, 4) is 0 Å². The molecule has 104 valence electrons. The minimum atomic E-state index is -0.354. The summed E-state index contributed by atoms with van der Waals surface area (Å²) in [5.74, 6) is -0.354. The van der Waals surface area contributed by atoms with E-state index in [1.165, 1.54) is 0 Å². The minimum Gasteiger partial charge on any atom is -0.465 e. The molecular weight excluding hydrogens is 236 g/mol. The number of carbonyl (C=O) groups excluding carboxylic acids is 2. The zero-order valence-electron chi connectivity index (χ0n) is 11.2. The summed E-state index contributed by atoms with van der Waals surface area (Å²) in [6.45, 7) is 6.95. The highest BCUT2D eigenvalue weighted by Crippen LogP contribution is 2.04. The minimum absolute atomic E-state index is 0.0257. The average Bonchev–Trinajstić information content (AvgIpc) is 2.39. The number of urea groups is 1. The van der Waals surface area contributed by atoms with Crippen molar-refractivity contribution in [2.45, 2.75) is 20.3 Å². The maximum absolute atomic E-state index is 12.2. The van der Waals surface area contributed by atoms with Gasteiger partial charge in [0, 0.05) is 19.6 Å². The molecule has 0 aromatic rings. The van der Waals surface area contributed by atoms with Gasteiger partial charge in [-0.15, -0.1) is 0 Å². The quantitative estimate of drug-likeness (QED) is 0.682. The van der Waals surface area contributed by atoms with E-state index in [0.29, 0.717) is 39.5 Å². The van der Waals surface area contributed by atoms with Crippen molar-refractivity contribution >= 4 is 12.0 Å². The van der Waals surface area contributed by atoms with Gasteiger partial charge in [0.15, 0.2) is 0 Å². The van der Waals surface area contributed by atoms with Gasteiger partial charge in [-0.2, -0.15) is 0 Å². The van der Waals surface area contributed by atoms with Gasteiger partial charge in [0.05, 0.1) is 19.8 Å². The van der Waals surface area contributed by atoms with Gasteiger partial charge >= 0.3 is 12.0 Å². The lowest BCUT2D eigenvalue weighted by Gasteiger charge is -2.32. The SMILES string of the molecule is CCCN(CC(=O)OCC)C(=O)N1CCOCC1. The number of rotatable bonds is 5. The Kier molecular flexibility index (Phi) is 6.49. The first-order chi connectivity index (χ1) is 8.69. The highest BCUT2D eigenvalue weighted by Gasteiger charge is 2.24. The van der Waals surface area contributed by atoms with Gasteiger partial charge in [-0.3, -0.25) is 4.79 Å². The lowest BCUT2D eigenvalue weighted by molar-refractivity contribution is -0.143. The number of nitrogens with zero attached hydrogens (tertiary/aromatic N) is 2. The molecule has 0 unspecified atom stereocenters. The molecule has 1 saturated heterocycles. The first-order valence-corrected chi connectivity index (χ1v) is 6.46. The second-order valence-corrected chi connectivity index (χ2v) is 4.11. The Hall–Kier alpha value is -1.30. The van der Waals surface area contributed by atoms with Crippen LogP contribution in [0.2, 0.25) is 0 Å². The lowest BCUT2D eigenvalue weighted by atomic mass is 10.4. The summed E-state index contributed by atoms with van der Waals surface area (Å²) in [6, 6.07) is -0.104. The first kappa shape index (κ1) is 14.8. The molecule has 0 spiro atoms. The van der Waals surface area contributed by atoms with E-state index in [4.69, 9.17) is 9.47 Å². The number of ether oxygens (including phenoxy) is 2. The zero-order chi connectivity index (χ0) is 13.4. The number of hydrogen-bond donors (Lipinski definition) is 0. The Bertz CT molecular complexity index is 277. The second-order valence-electron chi connectivity index (χ2n) is 4.11. The molecule has 1 aliphatic heterocycles. The predicted octanol–water partition coefficient (Wildman–Crippen LogP) is 0.714. The number of carbonyl (C=O) groups is 2. The maximum atomic E-state index is 12.2. The summed E-state index contributed by atoms with van der Waals surface area (Å²) in [5, 5.41) is 0. The van der Waals surface area contributed by atoms with Crippen molar-refractivity contribution in [2.24, 2.45) is 0 Å². The van der Waals surface area contributed by atoms with Crippen LogP contribution in [0.5, 0.6) is 0 Å². The maximum Gasteiger partial charge on any atom is 0.325 e. The molecule has 0 aliphatic carbocycles. The summed E-state index contributed by atoms with van der Waals surface area (Å²) in [5.41, 5.74) is 0. The fourth-order valence-electron chi connectivity index (χ4n) is 1.83. The molecule has 0 radical (unpaired) electrons. The van der Waals surface area contributed by atoms with Crippen molar-refractivity contribution in [1.82, 2.24) is 9.80 Å². The van der Waals surface area contributed by atoms with E-state index in [-0.39, 0.29) is 18.5 Å². The largest absolute Gasteiger partial charge is 0.465 e. The molecule has 0 N–H and O–H groups in total. The second kappa shape index (κ2) is 7.92. The predicted molar refractivity (Wildman–Crippen MR) is 66.3 cm³/mol. The van der Waals surface area contributed by atoms with Crippen LogP contribution in [0, 0.1) is 0 Å². The molecule has 6 heteroatoms. The van der Waals surface area contributed by atoms with Crippen LogP contribution in [-0.4, -0.2) is 67.8 Å². The monoisotopic (exact) mass is 258 g/mol. The van der Waals surface area contributed by atoms with Crippen molar-refractivity contribution in [2.75, 3.05) is 46.0 Å². The number of amides is 2. The lowest BCUT2D eigenvalue weighted by Crippen LogP contribution is -2.49. The van der Waals surface area contributed by atoms with Gasteiger partial charge in [-0.05, 0) is 13.3 Å². The molecule has 0 atom stereocenters. The van der Waals surface area contributed by atoms with Gasteiger partial charge in [0.25, 0.3) is 0 Å². The number of hydrogen-bond acceptors (Lipinski definition) is 4. The van der Waals surface area contributed by atoms with Gasteiger partial charge in [0.1, 0.15) is 6.54 Å². The Morgan fingerprint density at radius 3 is 2.50 bits per heavy atom. The summed E-state index contributed by atoms with van der Waals surface area (Å²) in [7, 11) is 0. The van der Waals surface area contributed by atoms with E-state index in [1.807, 2.05) is 6.92 Å². The van der Waals surface area contributed by atoms with Crippen LogP contribution in [0.3, 0.4) is 0 Å². The smallest absolute Gasteiger partial charge is 0.325 e. The topological polar surface area (TPSA) is 59.1 Å². The molecule has 1 aliphatic rings. The zero-order valence-corrected chi connectivity index (χ0v) is 11.2. The van der Waals surface area contributed by atoms with Crippen LogP contribution >= 0.6 is 0 Å². The third-order valence-electron chi connectivity index (χ3n) is 2.67. The van der Waals surface area contributed by atoms with Gasteiger partial charge in [-0.25, -0.2) is 4.79 Å². The number of morpholine rings is 1. The van der Waals surface area contributed by atoms with Crippen LogP contribution < -0.4 is 0 Å². The molecule has 2 amide bonds. The summed E-state index contributed by atoms with van der Waals surface area (Å²) < 4.78 is 10.1. The van der Waals surface area contributed by atoms with Gasteiger partial charge in [0.2, 0.25) is 0 Å². The molecule has 0 saturated carbocycles. The molecule has 1 fully saturated rings. The van der Waals surface area contributed by atoms with Gasteiger partial charge in [-0.1, -0.05) is 6.92 Å². The Morgan fingerprint density at radius 2 is 1.94 bits per heavy atom. The molecule has 18 heavy (non-hydrogen) atoms. The fourth-order valence-corrected chi connectivity index (χ4v) is 1.83. The van der Waals surface area contributed by atoms with E-state index in [9.17, 15) is 9.59 Å². The third-order valence-corrected chi connectivity index (χ3v) is 2.67.